The summed E-state index contributed by atoms with van der Waals surface area (Å²) in [6.45, 7) is 1.24. The van der Waals surface area contributed by atoms with Crippen molar-refractivity contribution < 1.29 is 18.7 Å². The second-order valence-corrected chi connectivity index (χ2v) is 3.85. The number of nitrogens with one attached hydrogen (secondary N) is 1. The van der Waals surface area contributed by atoms with Crippen LogP contribution in [-0.4, -0.2) is 21.8 Å². The van der Waals surface area contributed by atoms with E-state index in [-0.39, 0.29) is 0 Å². The Morgan fingerprint density at radius 3 is 2.94 bits per heavy atom. The van der Waals surface area contributed by atoms with E-state index < -0.39 is 35.6 Å². The van der Waals surface area contributed by atoms with Crippen LogP contribution in [0.2, 0.25) is 0 Å². The number of H-pyrrole nitrogens is 1. The molecule has 1 unspecified atom stereocenters. The van der Waals surface area contributed by atoms with Gasteiger partial charge in [0.1, 0.15) is 6.23 Å². The highest BCUT2D eigenvalue weighted by molar-refractivity contribution is 5.66. The molecule has 1 saturated heterocycles. The van der Waals surface area contributed by atoms with Crippen molar-refractivity contribution in [3.8, 4) is 0 Å². The van der Waals surface area contributed by atoms with Crippen LogP contribution in [0, 0.1) is 5.82 Å². The Balaban J connectivity index is 2.19. The number of carbonyl (C=O) groups is 1. The Kier molecular flexibility index (Phi) is 3.28. The molecule has 7 nitrogen and oxygen atoms in total. The fraction of sp³-hybridized carbons (Fsp3) is 0.500. The topological polar surface area (TPSA) is 90.4 Å². The number of carbonyl (C=O) groups excluding carboxylic acids is 1. The van der Waals surface area contributed by atoms with Crippen LogP contribution in [-0.2, 0) is 14.3 Å². The zero-order valence-electron chi connectivity index (χ0n) is 9.51. The van der Waals surface area contributed by atoms with Crippen LogP contribution in [0.25, 0.3) is 0 Å². The molecule has 2 heterocycles. The van der Waals surface area contributed by atoms with Gasteiger partial charge in [-0.2, -0.15) is 4.39 Å². The van der Waals surface area contributed by atoms with Crippen molar-refractivity contribution in [2.45, 2.75) is 32.3 Å². The summed E-state index contributed by atoms with van der Waals surface area (Å²) < 4.78 is 24.1. The van der Waals surface area contributed by atoms with Gasteiger partial charge in [-0.25, -0.2) is 4.79 Å². The number of aromatic amines is 1. The molecule has 0 saturated carbocycles. The molecule has 1 aromatic heterocycles. The van der Waals surface area contributed by atoms with Crippen LogP contribution in [0.1, 0.15) is 26.0 Å². The van der Waals surface area contributed by atoms with Crippen molar-refractivity contribution in [2.24, 2.45) is 0 Å². The smallest absolute Gasteiger partial charge is 0.330 e. The SMILES string of the molecule is CC(=O)OC1CC[C@H](n2cc(F)c(=O)[nH]c2=O)O1. The lowest BCUT2D eigenvalue weighted by atomic mass is 10.3. The van der Waals surface area contributed by atoms with Crippen LogP contribution in [0.5, 0.6) is 0 Å². The van der Waals surface area contributed by atoms with Gasteiger partial charge in [-0.1, -0.05) is 0 Å². The minimum atomic E-state index is -1.08. The Morgan fingerprint density at radius 1 is 1.56 bits per heavy atom. The number of aromatic nitrogens is 2. The normalized spacial score (nSPS) is 23.0. The fourth-order valence-electron chi connectivity index (χ4n) is 1.74. The van der Waals surface area contributed by atoms with Crippen LogP contribution in [0.4, 0.5) is 4.39 Å². The molecule has 0 spiro atoms. The average Bonchev–Trinajstić information content (AvgIpc) is 2.70. The van der Waals surface area contributed by atoms with Crippen LogP contribution in [0.3, 0.4) is 0 Å². The summed E-state index contributed by atoms with van der Waals surface area (Å²) in [5.74, 6) is -1.57. The molecule has 2 atom stereocenters. The third-order valence-electron chi connectivity index (χ3n) is 2.49. The van der Waals surface area contributed by atoms with Gasteiger partial charge in [0.15, 0.2) is 0 Å². The number of hydrogen-bond acceptors (Lipinski definition) is 5. The van der Waals surface area contributed by atoms with E-state index in [1.807, 2.05) is 4.98 Å². The molecular formula is C10H11FN2O5. The Hall–Kier alpha value is -1.96. The predicted octanol–water partition coefficient (Wildman–Crippen LogP) is -0.126. The first-order valence-corrected chi connectivity index (χ1v) is 5.31. The predicted molar refractivity (Wildman–Crippen MR) is 56.2 cm³/mol. The summed E-state index contributed by atoms with van der Waals surface area (Å²) in [5.41, 5.74) is -1.85. The number of ether oxygens (including phenoxy) is 2. The monoisotopic (exact) mass is 258 g/mol. The molecule has 1 aliphatic rings. The quantitative estimate of drug-likeness (QED) is 0.746. The second kappa shape index (κ2) is 4.73. The van der Waals surface area contributed by atoms with E-state index in [1.54, 1.807) is 0 Å². The van der Waals surface area contributed by atoms with Crippen LogP contribution >= 0.6 is 0 Å². The van der Waals surface area contributed by atoms with Crippen LogP contribution in [0.15, 0.2) is 15.8 Å². The first kappa shape index (κ1) is 12.5. The molecule has 1 N–H and O–H groups in total. The Labute approximate surface area is 100 Å². The number of esters is 1. The van der Waals surface area contributed by atoms with Crippen molar-refractivity contribution >= 4 is 5.97 Å². The van der Waals surface area contributed by atoms with Gasteiger partial charge in [0.25, 0.3) is 5.56 Å². The van der Waals surface area contributed by atoms with E-state index in [2.05, 4.69) is 0 Å². The standard InChI is InChI=1S/C10H11FN2O5/c1-5(14)17-8-3-2-7(18-8)13-4-6(11)9(15)12-10(13)16/h4,7-8H,2-3H2,1H3,(H,12,15,16)/t7-,8?/m1/s1. The summed E-state index contributed by atoms with van der Waals surface area (Å²) in [6, 6.07) is 0. The van der Waals surface area contributed by atoms with E-state index in [0.717, 1.165) is 10.8 Å². The maximum absolute atomic E-state index is 13.1. The van der Waals surface area contributed by atoms with Gasteiger partial charge in [0.2, 0.25) is 12.1 Å². The Morgan fingerprint density at radius 2 is 2.28 bits per heavy atom. The van der Waals surface area contributed by atoms with Crippen molar-refractivity contribution in [1.29, 1.82) is 0 Å². The van der Waals surface area contributed by atoms with Gasteiger partial charge in [-0.15, -0.1) is 0 Å². The van der Waals surface area contributed by atoms with Crippen molar-refractivity contribution in [1.82, 2.24) is 9.55 Å². The highest BCUT2D eigenvalue weighted by Gasteiger charge is 2.29. The third-order valence-corrected chi connectivity index (χ3v) is 2.49. The molecule has 1 fully saturated rings. The molecule has 1 aromatic rings. The number of rotatable bonds is 2. The van der Waals surface area contributed by atoms with Crippen LogP contribution < -0.4 is 11.2 Å². The molecule has 0 amide bonds. The van der Waals surface area contributed by atoms with Gasteiger partial charge >= 0.3 is 11.7 Å². The van der Waals surface area contributed by atoms with Gasteiger partial charge in [-0.05, 0) is 6.42 Å². The van der Waals surface area contributed by atoms with Gasteiger partial charge in [0, 0.05) is 13.3 Å². The van der Waals surface area contributed by atoms with E-state index in [1.165, 1.54) is 6.92 Å². The minimum absolute atomic E-state index is 0.378. The molecule has 8 heteroatoms. The maximum Gasteiger partial charge on any atom is 0.330 e. The first-order chi connectivity index (χ1) is 8.47. The highest BCUT2D eigenvalue weighted by Crippen LogP contribution is 2.27. The molecule has 0 aliphatic carbocycles. The lowest BCUT2D eigenvalue weighted by Gasteiger charge is -2.15. The van der Waals surface area contributed by atoms with Crippen molar-refractivity contribution in [3.05, 3.63) is 32.9 Å². The van der Waals surface area contributed by atoms with E-state index >= 15 is 0 Å². The lowest BCUT2D eigenvalue weighted by Crippen LogP contribution is -2.34. The molecular weight excluding hydrogens is 247 g/mol. The van der Waals surface area contributed by atoms with E-state index in [4.69, 9.17) is 9.47 Å². The molecule has 2 rings (SSSR count). The average molecular weight is 258 g/mol. The summed E-state index contributed by atoms with van der Waals surface area (Å²) in [5, 5.41) is 0. The van der Waals surface area contributed by atoms with Crippen molar-refractivity contribution in [3.63, 3.8) is 0 Å². The molecule has 18 heavy (non-hydrogen) atoms. The van der Waals surface area contributed by atoms with E-state index in [0.29, 0.717) is 12.8 Å². The largest absolute Gasteiger partial charge is 0.436 e. The van der Waals surface area contributed by atoms with Gasteiger partial charge in [0.05, 0.1) is 6.20 Å². The molecule has 1 aliphatic heterocycles. The molecule has 0 radical (unpaired) electrons. The van der Waals surface area contributed by atoms with Gasteiger partial charge < -0.3 is 9.47 Å². The van der Waals surface area contributed by atoms with Gasteiger partial charge in [-0.3, -0.25) is 19.1 Å². The number of hydrogen-bond donors (Lipinski definition) is 1. The summed E-state index contributed by atoms with van der Waals surface area (Å²) in [6.07, 6.45) is 0.0468. The minimum Gasteiger partial charge on any atom is -0.436 e. The Bertz CT molecular complexity index is 578. The molecule has 98 valence electrons. The second-order valence-electron chi connectivity index (χ2n) is 3.85. The lowest BCUT2D eigenvalue weighted by molar-refractivity contribution is -0.178. The fourth-order valence-corrected chi connectivity index (χ4v) is 1.74. The zero-order valence-corrected chi connectivity index (χ0v) is 9.51. The summed E-state index contributed by atoms with van der Waals surface area (Å²) >= 11 is 0. The zero-order chi connectivity index (χ0) is 13.3. The number of halogens is 1. The number of nitrogens with zero attached hydrogens (tertiary/aromatic N) is 1. The summed E-state index contributed by atoms with van der Waals surface area (Å²) in [4.78, 5) is 34.9. The van der Waals surface area contributed by atoms with E-state index in [9.17, 15) is 18.8 Å². The van der Waals surface area contributed by atoms with Crippen molar-refractivity contribution in [2.75, 3.05) is 0 Å². The maximum atomic E-state index is 13.1. The summed E-state index contributed by atoms with van der Waals surface area (Å²) in [7, 11) is 0. The molecule has 0 bridgehead atoms. The molecule has 0 aromatic carbocycles. The third kappa shape index (κ3) is 2.48. The highest BCUT2D eigenvalue weighted by atomic mass is 19.1. The first-order valence-electron chi connectivity index (χ1n) is 5.31.